The first-order chi connectivity index (χ1) is 17.5. The van der Waals surface area contributed by atoms with Gasteiger partial charge in [0.2, 0.25) is 0 Å². The number of ether oxygens (including phenoxy) is 2. The molecule has 8 bridgehead atoms. The molecular weight excluding hydrogens is 440 g/mol. The Kier molecular flexibility index (Phi) is 4.77. The van der Waals surface area contributed by atoms with E-state index in [0.717, 1.165) is 47.0 Å². The molecule has 0 unspecified atom stereocenters. The van der Waals surface area contributed by atoms with Gasteiger partial charge in [-0.1, -0.05) is 12.1 Å². The molecule has 0 atom stereocenters. The summed E-state index contributed by atoms with van der Waals surface area (Å²) in [5.74, 6) is 7.71. The van der Waals surface area contributed by atoms with Gasteiger partial charge in [0.25, 0.3) is 0 Å². The van der Waals surface area contributed by atoms with E-state index in [9.17, 15) is 0 Å². The molecule has 0 heterocycles. The van der Waals surface area contributed by atoms with Crippen LogP contribution in [0.25, 0.3) is 11.1 Å². The van der Waals surface area contributed by atoms with Gasteiger partial charge < -0.3 is 9.47 Å². The topological polar surface area (TPSA) is 18.5 Å². The summed E-state index contributed by atoms with van der Waals surface area (Å²) in [6, 6.07) is 14.2. The fraction of sp³-hybridized carbons (Fsp3) is 0.647. The van der Waals surface area contributed by atoms with Crippen molar-refractivity contribution in [1.82, 2.24) is 0 Å². The van der Waals surface area contributed by atoms with Gasteiger partial charge in [-0.25, -0.2) is 0 Å². The SMILES string of the molecule is COc1ccc(-c2ccc(OC)cc2C23CC4CC(CC(C4)C2)C3)c(C23CC4CC(CC(C4)C2)C3)c1. The molecule has 0 spiro atoms. The van der Waals surface area contributed by atoms with Crippen molar-refractivity contribution < 1.29 is 9.47 Å². The zero-order valence-electron chi connectivity index (χ0n) is 22.2. The molecule has 8 saturated carbocycles. The minimum atomic E-state index is 0.345. The van der Waals surface area contributed by atoms with Crippen LogP contribution in [0.3, 0.4) is 0 Å². The smallest absolute Gasteiger partial charge is 0.119 e. The van der Waals surface area contributed by atoms with Crippen molar-refractivity contribution in [2.45, 2.75) is 87.9 Å². The third-order valence-electron chi connectivity index (χ3n) is 12.0. The van der Waals surface area contributed by atoms with Crippen LogP contribution in [-0.2, 0) is 10.8 Å². The Morgan fingerprint density at radius 2 is 0.806 bits per heavy atom. The lowest BCUT2D eigenvalue weighted by atomic mass is 9.46. The summed E-state index contributed by atoms with van der Waals surface area (Å²) in [6.45, 7) is 0. The number of benzene rings is 2. The molecule has 36 heavy (non-hydrogen) atoms. The number of hydrogen-bond acceptors (Lipinski definition) is 2. The van der Waals surface area contributed by atoms with E-state index in [2.05, 4.69) is 36.4 Å². The van der Waals surface area contributed by atoms with Crippen molar-refractivity contribution in [3.05, 3.63) is 47.5 Å². The molecule has 8 fully saturated rings. The predicted molar refractivity (Wildman–Crippen MR) is 145 cm³/mol. The van der Waals surface area contributed by atoms with E-state index < -0.39 is 0 Å². The van der Waals surface area contributed by atoms with Gasteiger partial charge >= 0.3 is 0 Å². The van der Waals surface area contributed by atoms with Crippen LogP contribution in [0, 0.1) is 35.5 Å². The molecule has 0 amide bonds. The monoisotopic (exact) mass is 482 g/mol. The Morgan fingerprint density at radius 3 is 1.08 bits per heavy atom. The van der Waals surface area contributed by atoms with Crippen LogP contribution in [0.5, 0.6) is 11.5 Å². The largest absolute Gasteiger partial charge is 0.497 e. The Balaban J connectivity index is 1.31. The highest BCUT2D eigenvalue weighted by Gasteiger charge is 2.54. The van der Waals surface area contributed by atoms with E-state index in [1.807, 2.05) is 14.2 Å². The van der Waals surface area contributed by atoms with Gasteiger partial charge in [-0.2, -0.15) is 0 Å². The molecule has 10 rings (SSSR count). The molecule has 2 heteroatoms. The molecule has 8 aliphatic rings. The van der Waals surface area contributed by atoms with E-state index >= 15 is 0 Å². The Hall–Kier alpha value is -1.96. The van der Waals surface area contributed by atoms with E-state index in [4.69, 9.17) is 9.47 Å². The summed E-state index contributed by atoms with van der Waals surface area (Å²) >= 11 is 0. The lowest BCUT2D eigenvalue weighted by Gasteiger charge is -2.58. The molecule has 8 aliphatic carbocycles. The summed E-state index contributed by atoms with van der Waals surface area (Å²) in [4.78, 5) is 0. The van der Waals surface area contributed by atoms with Gasteiger partial charge in [-0.15, -0.1) is 0 Å². The summed E-state index contributed by atoms with van der Waals surface area (Å²) in [7, 11) is 3.68. The number of methoxy groups -OCH3 is 2. The van der Waals surface area contributed by atoms with Crippen LogP contribution in [0.15, 0.2) is 36.4 Å². The van der Waals surface area contributed by atoms with Crippen molar-refractivity contribution in [1.29, 1.82) is 0 Å². The van der Waals surface area contributed by atoms with Crippen molar-refractivity contribution in [3.63, 3.8) is 0 Å². The van der Waals surface area contributed by atoms with Crippen molar-refractivity contribution in [3.8, 4) is 22.6 Å². The minimum Gasteiger partial charge on any atom is -0.497 e. The van der Waals surface area contributed by atoms with Crippen molar-refractivity contribution in [2.24, 2.45) is 35.5 Å². The Morgan fingerprint density at radius 1 is 0.500 bits per heavy atom. The standard InChI is InChI=1S/C34H42O2/c1-35-27-3-5-29(31(13-27)33-15-21-7-22(16-33)9-23(8-21)17-33)30-6-4-28(36-2)14-32(30)34-18-24-10-25(19-34)12-26(11-24)20-34/h3-6,13-14,21-26H,7-12,15-20H2,1-2H3. The highest BCUT2D eigenvalue weighted by Crippen LogP contribution is 2.64. The first-order valence-corrected chi connectivity index (χ1v) is 14.9. The van der Waals surface area contributed by atoms with Crippen LogP contribution in [-0.4, -0.2) is 14.2 Å². The first-order valence-electron chi connectivity index (χ1n) is 14.9. The second-order valence-corrected chi connectivity index (χ2v) is 14.2. The van der Waals surface area contributed by atoms with Gasteiger partial charge in [-0.3, -0.25) is 0 Å². The summed E-state index contributed by atoms with van der Waals surface area (Å²) < 4.78 is 11.7. The van der Waals surface area contributed by atoms with Crippen LogP contribution < -0.4 is 9.47 Å². The van der Waals surface area contributed by atoms with Crippen LogP contribution in [0.2, 0.25) is 0 Å². The molecule has 0 saturated heterocycles. The van der Waals surface area contributed by atoms with E-state index in [0.29, 0.717) is 10.8 Å². The molecule has 0 aromatic heterocycles. The maximum absolute atomic E-state index is 5.86. The van der Waals surface area contributed by atoms with Crippen LogP contribution in [0.1, 0.15) is 88.2 Å². The van der Waals surface area contributed by atoms with E-state index in [1.54, 1.807) is 11.1 Å². The normalized spacial score (nSPS) is 41.6. The third-order valence-corrected chi connectivity index (χ3v) is 12.0. The van der Waals surface area contributed by atoms with E-state index in [1.165, 1.54) is 88.2 Å². The third kappa shape index (κ3) is 3.21. The fourth-order valence-corrected chi connectivity index (χ4v) is 11.5. The molecular formula is C34H42O2. The van der Waals surface area contributed by atoms with Crippen molar-refractivity contribution in [2.75, 3.05) is 14.2 Å². The molecule has 190 valence electrons. The maximum Gasteiger partial charge on any atom is 0.119 e. The lowest BCUT2D eigenvalue weighted by Crippen LogP contribution is -2.49. The average molecular weight is 483 g/mol. The first kappa shape index (κ1) is 22.1. The second kappa shape index (κ2) is 7.78. The Bertz CT molecular complexity index is 1030. The summed E-state index contributed by atoms with van der Waals surface area (Å²) in [5, 5.41) is 0. The average Bonchev–Trinajstić information content (AvgIpc) is 2.86. The van der Waals surface area contributed by atoms with Crippen molar-refractivity contribution >= 4 is 0 Å². The number of hydrogen-bond donors (Lipinski definition) is 0. The lowest BCUT2D eigenvalue weighted by molar-refractivity contribution is -0.00594. The highest BCUT2D eigenvalue weighted by molar-refractivity contribution is 5.75. The van der Waals surface area contributed by atoms with Gasteiger partial charge in [0.05, 0.1) is 14.2 Å². The van der Waals surface area contributed by atoms with Crippen LogP contribution >= 0.6 is 0 Å². The van der Waals surface area contributed by atoms with Crippen LogP contribution in [0.4, 0.5) is 0 Å². The molecule has 0 N–H and O–H groups in total. The number of rotatable bonds is 5. The van der Waals surface area contributed by atoms with E-state index in [-0.39, 0.29) is 0 Å². The zero-order valence-corrected chi connectivity index (χ0v) is 22.2. The minimum absolute atomic E-state index is 0.345. The van der Waals surface area contributed by atoms with Gasteiger partial charge in [0.15, 0.2) is 0 Å². The maximum atomic E-state index is 5.86. The molecule has 0 aliphatic heterocycles. The second-order valence-electron chi connectivity index (χ2n) is 14.2. The highest BCUT2D eigenvalue weighted by atomic mass is 16.5. The molecule has 0 radical (unpaired) electrons. The molecule has 2 aromatic rings. The molecule has 2 nitrogen and oxygen atoms in total. The summed E-state index contributed by atoms with van der Waals surface area (Å²) in [6.07, 6.45) is 17.3. The van der Waals surface area contributed by atoms with Gasteiger partial charge in [0.1, 0.15) is 11.5 Å². The van der Waals surface area contributed by atoms with Gasteiger partial charge in [0, 0.05) is 0 Å². The van der Waals surface area contributed by atoms with Gasteiger partial charge in [-0.05, 0) is 170 Å². The predicted octanol–water partition coefficient (Wildman–Crippen LogP) is 8.31. The quantitative estimate of drug-likeness (QED) is 0.427. The molecule has 2 aromatic carbocycles. The summed E-state index contributed by atoms with van der Waals surface area (Å²) in [5.41, 5.74) is 6.92. The fourth-order valence-electron chi connectivity index (χ4n) is 11.5. The Labute approximate surface area is 217 Å². The zero-order chi connectivity index (χ0) is 24.1.